The van der Waals surface area contributed by atoms with Gasteiger partial charge in [-0.1, -0.05) is 6.42 Å². The van der Waals surface area contributed by atoms with Crippen molar-refractivity contribution in [1.82, 2.24) is 0 Å². The maximum atomic E-state index is 9.96. The predicted molar refractivity (Wildman–Crippen MR) is 43.5 cm³/mol. The fourth-order valence-electron chi connectivity index (χ4n) is 1.30. The van der Waals surface area contributed by atoms with E-state index in [1.54, 1.807) is 0 Å². The SMILES string of the molecule is CC1(C)O[C@@H]1CCCCC=O. The van der Waals surface area contributed by atoms with Gasteiger partial charge < -0.3 is 9.53 Å². The van der Waals surface area contributed by atoms with Crippen LogP contribution in [0.25, 0.3) is 0 Å². The first kappa shape index (κ1) is 8.72. The second-order valence-corrected chi connectivity index (χ2v) is 3.66. The van der Waals surface area contributed by atoms with Gasteiger partial charge in [0.05, 0.1) is 11.7 Å². The largest absolute Gasteiger partial charge is 0.367 e. The van der Waals surface area contributed by atoms with Crippen molar-refractivity contribution in [3.05, 3.63) is 0 Å². The Hall–Kier alpha value is -0.370. The summed E-state index contributed by atoms with van der Waals surface area (Å²) in [6.07, 6.45) is 5.38. The molecule has 0 radical (unpaired) electrons. The smallest absolute Gasteiger partial charge is 0.119 e. The number of hydrogen-bond donors (Lipinski definition) is 0. The minimum Gasteiger partial charge on any atom is -0.367 e. The van der Waals surface area contributed by atoms with Crippen LogP contribution in [0, 0.1) is 0 Å². The van der Waals surface area contributed by atoms with Crippen LogP contribution in [0.1, 0.15) is 39.5 Å². The Balaban J connectivity index is 1.94. The van der Waals surface area contributed by atoms with Crippen LogP contribution in [-0.2, 0) is 9.53 Å². The van der Waals surface area contributed by atoms with E-state index < -0.39 is 0 Å². The van der Waals surface area contributed by atoms with Crippen molar-refractivity contribution in [3.63, 3.8) is 0 Å². The summed E-state index contributed by atoms with van der Waals surface area (Å²) in [5.41, 5.74) is 0.126. The van der Waals surface area contributed by atoms with Gasteiger partial charge in [-0.15, -0.1) is 0 Å². The molecule has 1 saturated heterocycles. The topological polar surface area (TPSA) is 29.6 Å². The van der Waals surface area contributed by atoms with Crippen LogP contribution in [-0.4, -0.2) is 18.0 Å². The van der Waals surface area contributed by atoms with E-state index in [0.717, 1.165) is 25.5 Å². The van der Waals surface area contributed by atoms with Gasteiger partial charge >= 0.3 is 0 Å². The van der Waals surface area contributed by atoms with Crippen LogP contribution in [0.15, 0.2) is 0 Å². The van der Waals surface area contributed by atoms with E-state index in [2.05, 4.69) is 13.8 Å². The van der Waals surface area contributed by atoms with Gasteiger partial charge in [0.1, 0.15) is 6.29 Å². The molecule has 1 aliphatic rings. The van der Waals surface area contributed by atoms with E-state index in [-0.39, 0.29) is 5.60 Å². The fraction of sp³-hybridized carbons (Fsp3) is 0.889. The molecule has 0 amide bonds. The number of hydrogen-bond acceptors (Lipinski definition) is 2. The predicted octanol–water partition coefficient (Wildman–Crippen LogP) is 1.92. The Bertz CT molecular complexity index is 140. The number of carbonyl (C=O) groups excluding carboxylic acids is 1. The molecule has 1 heterocycles. The van der Waals surface area contributed by atoms with Gasteiger partial charge in [-0.2, -0.15) is 0 Å². The lowest BCUT2D eigenvalue weighted by Gasteiger charge is -1.95. The van der Waals surface area contributed by atoms with Gasteiger partial charge in [-0.3, -0.25) is 0 Å². The van der Waals surface area contributed by atoms with E-state index in [1.165, 1.54) is 0 Å². The highest BCUT2D eigenvalue weighted by Gasteiger charge is 2.46. The van der Waals surface area contributed by atoms with Crippen LogP contribution in [0.5, 0.6) is 0 Å². The van der Waals surface area contributed by atoms with Crippen molar-refractivity contribution in [3.8, 4) is 0 Å². The summed E-state index contributed by atoms with van der Waals surface area (Å²) in [7, 11) is 0. The van der Waals surface area contributed by atoms with Crippen molar-refractivity contribution in [1.29, 1.82) is 0 Å². The molecule has 1 aliphatic heterocycles. The quantitative estimate of drug-likeness (QED) is 0.346. The van der Waals surface area contributed by atoms with Crippen LogP contribution in [0.2, 0.25) is 0 Å². The third kappa shape index (κ3) is 2.62. The van der Waals surface area contributed by atoms with Crippen molar-refractivity contribution < 1.29 is 9.53 Å². The highest BCUT2D eigenvalue weighted by atomic mass is 16.6. The summed E-state index contributed by atoms with van der Waals surface area (Å²) in [5, 5.41) is 0. The standard InChI is InChI=1S/C9H16O2/c1-9(2)8(11-9)6-4-3-5-7-10/h7-8H,3-6H2,1-2H3/t8-/m1/s1. The monoisotopic (exact) mass is 156 g/mol. The molecule has 0 aromatic carbocycles. The summed E-state index contributed by atoms with van der Waals surface area (Å²) in [6, 6.07) is 0. The molecule has 0 spiro atoms. The van der Waals surface area contributed by atoms with Crippen molar-refractivity contribution >= 4 is 6.29 Å². The zero-order valence-electron chi connectivity index (χ0n) is 7.30. The molecule has 2 heteroatoms. The van der Waals surface area contributed by atoms with E-state index in [1.807, 2.05) is 0 Å². The molecule has 0 aromatic rings. The lowest BCUT2D eigenvalue weighted by atomic mass is 10.0. The van der Waals surface area contributed by atoms with Crippen LogP contribution in [0.4, 0.5) is 0 Å². The molecule has 1 rings (SSSR count). The third-order valence-corrected chi connectivity index (χ3v) is 2.20. The molecule has 0 bridgehead atoms. The first-order chi connectivity index (χ1) is 5.17. The van der Waals surface area contributed by atoms with Gasteiger partial charge in [0.2, 0.25) is 0 Å². The molecule has 2 nitrogen and oxygen atoms in total. The molecule has 1 fully saturated rings. The number of ether oxygens (including phenoxy) is 1. The molecule has 0 aliphatic carbocycles. The molecule has 64 valence electrons. The van der Waals surface area contributed by atoms with Crippen LogP contribution < -0.4 is 0 Å². The van der Waals surface area contributed by atoms with E-state index >= 15 is 0 Å². The van der Waals surface area contributed by atoms with Gasteiger partial charge in [-0.05, 0) is 26.7 Å². The molecular weight excluding hydrogens is 140 g/mol. The first-order valence-electron chi connectivity index (χ1n) is 4.28. The highest BCUT2D eigenvalue weighted by molar-refractivity contribution is 5.48. The summed E-state index contributed by atoms with van der Waals surface area (Å²) in [5.74, 6) is 0. The second-order valence-electron chi connectivity index (χ2n) is 3.66. The summed E-state index contributed by atoms with van der Waals surface area (Å²) < 4.78 is 5.40. The average molecular weight is 156 g/mol. The average Bonchev–Trinajstić information content (AvgIpc) is 2.52. The third-order valence-electron chi connectivity index (χ3n) is 2.20. The van der Waals surface area contributed by atoms with Gasteiger partial charge in [0, 0.05) is 6.42 Å². The normalized spacial score (nSPS) is 26.5. The number of epoxide rings is 1. The van der Waals surface area contributed by atoms with Gasteiger partial charge in [0.25, 0.3) is 0 Å². The molecule has 0 N–H and O–H groups in total. The molecule has 11 heavy (non-hydrogen) atoms. The van der Waals surface area contributed by atoms with Gasteiger partial charge in [0.15, 0.2) is 0 Å². The minimum atomic E-state index is 0.126. The molecule has 1 atom stereocenters. The Morgan fingerprint density at radius 2 is 2.09 bits per heavy atom. The second kappa shape index (κ2) is 3.35. The molecule has 0 aromatic heterocycles. The Labute approximate surface area is 67.9 Å². The number of aldehydes is 1. The number of carbonyl (C=O) groups is 1. The molecular formula is C9H16O2. The van der Waals surface area contributed by atoms with Crippen molar-refractivity contribution in [2.75, 3.05) is 0 Å². The zero-order valence-corrected chi connectivity index (χ0v) is 7.30. The van der Waals surface area contributed by atoms with E-state index in [9.17, 15) is 4.79 Å². The first-order valence-corrected chi connectivity index (χ1v) is 4.28. The van der Waals surface area contributed by atoms with E-state index in [4.69, 9.17) is 4.74 Å². The number of rotatable bonds is 5. The van der Waals surface area contributed by atoms with Crippen LogP contribution in [0.3, 0.4) is 0 Å². The lowest BCUT2D eigenvalue weighted by Crippen LogP contribution is -2.02. The maximum Gasteiger partial charge on any atom is 0.119 e. The number of unbranched alkanes of at least 4 members (excludes halogenated alkanes) is 2. The fourth-order valence-corrected chi connectivity index (χ4v) is 1.30. The summed E-state index contributed by atoms with van der Waals surface area (Å²) >= 11 is 0. The Morgan fingerprint density at radius 3 is 2.55 bits per heavy atom. The Morgan fingerprint density at radius 1 is 1.45 bits per heavy atom. The van der Waals surface area contributed by atoms with Crippen molar-refractivity contribution in [2.24, 2.45) is 0 Å². The zero-order chi connectivity index (χ0) is 8.32. The molecule has 0 saturated carbocycles. The van der Waals surface area contributed by atoms with Gasteiger partial charge in [-0.25, -0.2) is 0 Å². The summed E-state index contributed by atoms with van der Waals surface area (Å²) in [4.78, 5) is 9.96. The van der Waals surface area contributed by atoms with Crippen molar-refractivity contribution in [2.45, 2.75) is 51.2 Å². The lowest BCUT2D eigenvalue weighted by molar-refractivity contribution is -0.107. The Kier molecular flexibility index (Phi) is 2.66. The maximum absolute atomic E-state index is 9.96. The molecule has 0 unspecified atom stereocenters. The van der Waals surface area contributed by atoms with E-state index in [0.29, 0.717) is 12.5 Å². The minimum absolute atomic E-state index is 0.126. The summed E-state index contributed by atoms with van der Waals surface area (Å²) in [6.45, 7) is 4.22. The van der Waals surface area contributed by atoms with Crippen LogP contribution >= 0.6 is 0 Å². The highest BCUT2D eigenvalue weighted by Crippen LogP contribution is 2.38.